The summed E-state index contributed by atoms with van der Waals surface area (Å²) in [5, 5.41) is 15.4. The van der Waals surface area contributed by atoms with Crippen molar-refractivity contribution in [3.63, 3.8) is 0 Å². The molecule has 0 aromatic heterocycles. The Morgan fingerprint density at radius 3 is 2.71 bits per heavy atom. The third kappa shape index (κ3) is 5.84. The first-order valence-electron chi connectivity index (χ1n) is 13.5. The van der Waals surface area contributed by atoms with E-state index in [4.69, 9.17) is 9.84 Å². The molecule has 0 fully saturated rings. The lowest BCUT2D eigenvalue weighted by atomic mass is 9.88. The first-order chi connectivity index (χ1) is 18.5. The maximum absolute atomic E-state index is 11.0. The van der Waals surface area contributed by atoms with Gasteiger partial charge in [-0.05, 0) is 85.2 Å². The molecule has 0 bridgehead atoms. The maximum atomic E-state index is 11.0. The van der Waals surface area contributed by atoms with Crippen LogP contribution in [0.25, 0.3) is 10.8 Å². The van der Waals surface area contributed by atoms with E-state index in [9.17, 15) is 4.79 Å². The molecule has 1 heterocycles. The zero-order valence-electron chi connectivity index (χ0n) is 22.2. The minimum absolute atomic E-state index is 0.293. The quantitative estimate of drug-likeness (QED) is 0.225. The largest absolute Gasteiger partial charge is 0.482 e. The number of ether oxygens (including phenoxy) is 1. The van der Waals surface area contributed by atoms with E-state index in [2.05, 4.69) is 89.9 Å². The topological polar surface area (TPSA) is 61.8 Å². The number of nitrogens with one attached hydrogen (secondary N) is 1. The normalized spacial score (nSPS) is 15.7. The van der Waals surface area contributed by atoms with Crippen molar-refractivity contribution >= 4 is 28.1 Å². The monoisotopic (exact) mass is 508 g/mol. The summed E-state index contributed by atoms with van der Waals surface area (Å²) in [6.07, 6.45) is 3.31. The van der Waals surface area contributed by atoms with E-state index in [0.717, 1.165) is 43.6 Å². The van der Waals surface area contributed by atoms with E-state index in [1.807, 2.05) is 19.1 Å². The lowest BCUT2D eigenvalue weighted by molar-refractivity contribution is -0.139. The average molecular weight is 509 g/mol. The van der Waals surface area contributed by atoms with Gasteiger partial charge in [0.05, 0.1) is 0 Å². The number of fused-ring (bicyclic) bond motifs is 2. The third-order valence-electron chi connectivity index (χ3n) is 7.60. The van der Waals surface area contributed by atoms with Crippen LogP contribution in [0.2, 0.25) is 0 Å². The molecular formula is C33H36N2O3. The molecule has 5 heteroatoms. The Kier molecular flexibility index (Phi) is 7.94. The molecule has 5 nitrogen and oxygen atoms in total. The van der Waals surface area contributed by atoms with Gasteiger partial charge in [-0.15, -0.1) is 0 Å². The lowest BCUT2D eigenvalue weighted by Crippen LogP contribution is -2.32. The zero-order valence-corrected chi connectivity index (χ0v) is 22.2. The van der Waals surface area contributed by atoms with Crippen LogP contribution in [0.4, 0.5) is 11.4 Å². The van der Waals surface area contributed by atoms with Gasteiger partial charge in [0.25, 0.3) is 0 Å². The van der Waals surface area contributed by atoms with Gasteiger partial charge in [-0.1, -0.05) is 66.7 Å². The predicted molar refractivity (Wildman–Crippen MR) is 155 cm³/mol. The molecule has 0 amide bonds. The molecule has 0 aliphatic carbocycles. The number of benzene rings is 4. The highest BCUT2D eigenvalue weighted by Crippen LogP contribution is 2.38. The fourth-order valence-corrected chi connectivity index (χ4v) is 5.62. The number of aliphatic carboxylic acids is 1. The molecule has 2 N–H and O–H groups in total. The van der Waals surface area contributed by atoms with Crippen LogP contribution in [-0.2, 0) is 11.2 Å². The molecule has 38 heavy (non-hydrogen) atoms. The summed E-state index contributed by atoms with van der Waals surface area (Å²) in [5.41, 5.74) is 5.90. The predicted octanol–water partition coefficient (Wildman–Crippen LogP) is 7.05. The van der Waals surface area contributed by atoms with Crippen LogP contribution in [0.5, 0.6) is 5.75 Å². The molecule has 4 aromatic carbocycles. The Balaban J connectivity index is 1.24. The zero-order chi connectivity index (χ0) is 26.5. The van der Waals surface area contributed by atoms with Crippen LogP contribution in [0, 0.1) is 12.8 Å². The second kappa shape index (κ2) is 11.7. The molecule has 2 atom stereocenters. The summed E-state index contributed by atoms with van der Waals surface area (Å²) >= 11 is 0. The molecular weight excluding hydrogens is 472 g/mol. The van der Waals surface area contributed by atoms with Gasteiger partial charge >= 0.3 is 5.97 Å². The molecule has 4 aromatic rings. The number of para-hydroxylation sites is 1. The van der Waals surface area contributed by atoms with Crippen LogP contribution in [0.3, 0.4) is 0 Å². The molecule has 0 radical (unpaired) electrons. The smallest absolute Gasteiger partial charge is 0.341 e. The Labute approximate surface area is 225 Å². The number of carboxylic acids is 1. The Morgan fingerprint density at radius 1 is 1.05 bits per heavy atom. The van der Waals surface area contributed by atoms with Gasteiger partial charge in [-0.3, -0.25) is 0 Å². The molecule has 0 saturated carbocycles. The van der Waals surface area contributed by atoms with Gasteiger partial charge in [0.15, 0.2) is 6.61 Å². The summed E-state index contributed by atoms with van der Waals surface area (Å²) in [6, 6.07) is 30.1. The van der Waals surface area contributed by atoms with Crippen molar-refractivity contribution in [3.05, 3.63) is 102 Å². The molecule has 1 unspecified atom stereocenters. The van der Waals surface area contributed by atoms with Crippen molar-refractivity contribution in [1.29, 1.82) is 0 Å². The number of carboxylic acid groups (broad SMARTS) is 1. The number of aryl methyl sites for hydroxylation is 1. The molecule has 1 aliphatic rings. The standard InChI is InChI=1S/C33H36N2O3/c1-23-16-17-28(20-32(23)38-22-33(36)37)35-21-25(19-27-11-4-6-15-31(27)35)9-8-18-34-24(2)29-14-7-12-26-10-3-5-13-30(26)29/h3-7,10-17,20,24-25,34H,8-9,18-19,21-22H2,1-2H3,(H,36,37)/t24-,25?/m1/s1. The second-order valence-corrected chi connectivity index (χ2v) is 10.3. The van der Waals surface area contributed by atoms with E-state index in [1.165, 1.54) is 27.6 Å². The molecule has 1 aliphatic heterocycles. The van der Waals surface area contributed by atoms with E-state index in [1.54, 1.807) is 0 Å². The van der Waals surface area contributed by atoms with E-state index >= 15 is 0 Å². The summed E-state index contributed by atoms with van der Waals surface area (Å²) in [4.78, 5) is 13.4. The number of nitrogens with zero attached hydrogens (tertiary/aromatic N) is 1. The van der Waals surface area contributed by atoms with Gasteiger partial charge in [0.1, 0.15) is 5.75 Å². The van der Waals surface area contributed by atoms with Gasteiger partial charge in [-0.25, -0.2) is 4.79 Å². The highest BCUT2D eigenvalue weighted by Gasteiger charge is 2.25. The van der Waals surface area contributed by atoms with Gasteiger partial charge in [-0.2, -0.15) is 0 Å². The first-order valence-corrected chi connectivity index (χ1v) is 13.5. The maximum Gasteiger partial charge on any atom is 0.341 e. The summed E-state index contributed by atoms with van der Waals surface area (Å²) in [7, 11) is 0. The van der Waals surface area contributed by atoms with Gasteiger partial charge in [0.2, 0.25) is 0 Å². The lowest BCUT2D eigenvalue weighted by Gasteiger charge is -2.36. The number of carbonyl (C=O) groups is 1. The summed E-state index contributed by atoms with van der Waals surface area (Å²) < 4.78 is 5.58. The molecule has 5 rings (SSSR count). The van der Waals surface area contributed by atoms with Crippen molar-refractivity contribution in [3.8, 4) is 5.75 Å². The van der Waals surface area contributed by atoms with Crippen LogP contribution in [0.15, 0.2) is 84.9 Å². The highest BCUT2D eigenvalue weighted by molar-refractivity contribution is 5.86. The van der Waals surface area contributed by atoms with Gasteiger partial charge in [0, 0.05) is 30.0 Å². The Hall–Kier alpha value is -3.83. The number of hydrogen-bond donors (Lipinski definition) is 2. The van der Waals surface area contributed by atoms with Gasteiger partial charge < -0.3 is 20.1 Å². The van der Waals surface area contributed by atoms with Crippen molar-refractivity contribution in [1.82, 2.24) is 5.32 Å². The molecule has 196 valence electrons. The minimum atomic E-state index is -0.971. The fourth-order valence-electron chi connectivity index (χ4n) is 5.62. The molecule has 0 saturated heterocycles. The van der Waals surface area contributed by atoms with E-state index in [-0.39, 0.29) is 6.61 Å². The highest BCUT2D eigenvalue weighted by atomic mass is 16.5. The Bertz CT molecular complexity index is 1410. The van der Waals surface area contributed by atoms with Crippen LogP contribution >= 0.6 is 0 Å². The van der Waals surface area contributed by atoms with Crippen molar-refractivity contribution in [2.45, 2.75) is 39.2 Å². The van der Waals surface area contributed by atoms with Crippen LogP contribution in [0.1, 0.15) is 42.5 Å². The number of anilines is 2. The van der Waals surface area contributed by atoms with Crippen molar-refractivity contribution < 1.29 is 14.6 Å². The summed E-state index contributed by atoms with van der Waals surface area (Å²) in [6.45, 7) is 5.76. The van der Waals surface area contributed by atoms with E-state index < -0.39 is 5.97 Å². The summed E-state index contributed by atoms with van der Waals surface area (Å²) in [5.74, 6) is 0.182. The van der Waals surface area contributed by atoms with Crippen LogP contribution in [-0.4, -0.2) is 30.8 Å². The first kappa shape index (κ1) is 25.8. The SMILES string of the molecule is Cc1ccc(N2CC(CCCN[C@H](C)c3cccc4ccccc34)Cc3ccccc32)cc1OCC(=O)O. The van der Waals surface area contributed by atoms with Crippen molar-refractivity contribution in [2.24, 2.45) is 5.92 Å². The Morgan fingerprint density at radius 2 is 1.84 bits per heavy atom. The van der Waals surface area contributed by atoms with E-state index in [0.29, 0.717) is 17.7 Å². The fraction of sp³-hybridized carbons (Fsp3) is 0.303. The van der Waals surface area contributed by atoms with Crippen LogP contribution < -0.4 is 15.0 Å². The minimum Gasteiger partial charge on any atom is -0.482 e. The second-order valence-electron chi connectivity index (χ2n) is 10.3. The number of hydrogen-bond acceptors (Lipinski definition) is 4. The molecule has 0 spiro atoms. The number of rotatable bonds is 10. The van der Waals surface area contributed by atoms with Crippen molar-refractivity contribution in [2.75, 3.05) is 24.6 Å². The third-order valence-corrected chi connectivity index (χ3v) is 7.60. The average Bonchev–Trinajstić information content (AvgIpc) is 2.94.